The highest BCUT2D eigenvalue weighted by atomic mass is 19.1. The maximum absolute atomic E-state index is 13.8. The topological polar surface area (TPSA) is 55.6 Å². The van der Waals surface area contributed by atoms with E-state index in [0.29, 0.717) is 31.6 Å². The highest BCUT2D eigenvalue weighted by Gasteiger charge is 2.38. The SMILES string of the molecule is CC(C)(C)OC(=O)N1CCC(CF)(c2ccc(N)cc2)CC1. The van der Waals surface area contributed by atoms with Gasteiger partial charge in [0.15, 0.2) is 0 Å². The van der Waals surface area contributed by atoms with Gasteiger partial charge in [0.1, 0.15) is 5.60 Å². The molecule has 0 aromatic heterocycles. The number of nitrogens with zero attached hydrogens (tertiary/aromatic N) is 1. The van der Waals surface area contributed by atoms with Crippen molar-refractivity contribution in [1.29, 1.82) is 0 Å². The molecule has 1 heterocycles. The third kappa shape index (κ3) is 3.70. The zero-order valence-electron chi connectivity index (χ0n) is 13.6. The van der Waals surface area contributed by atoms with Crippen LogP contribution in [-0.4, -0.2) is 36.4 Å². The van der Waals surface area contributed by atoms with E-state index in [4.69, 9.17) is 10.5 Å². The van der Waals surface area contributed by atoms with Crippen LogP contribution in [0.4, 0.5) is 14.9 Å². The highest BCUT2D eigenvalue weighted by molar-refractivity contribution is 5.68. The minimum absolute atomic E-state index is 0.322. The Hall–Kier alpha value is -1.78. The summed E-state index contributed by atoms with van der Waals surface area (Å²) in [6.45, 7) is 6.10. The van der Waals surface area contributed by atoms with E-state index in [-0.39, 0.29) is 6.09 Å². The van der Waals surface area contributed by atoms with Crippen LogP contribution in [0.2, 0.25) is 0 Å². The van der Waals surface area contributed by atoms with Crippen molar-refractivity contribution in [3.05, 3.63) is 29.8 Å². The number of amides is 1. The van der Waals surface area contributed by atoms with E-state index in [0.717, 1.165) is 5.56 Å². The third-order valence-corrected chi connectivity index (χ3v) is 4.15. The Morgan fingerprint density at radius 3 is 2.27 bits per heavy atom. The van der Waals surface area contributed by atoms with Gasteiger partial charge in [0.25, 0.3) is 0 Å². The van der Waals surface area contributed by atoms with Gasteiger partial charge in [-0.05, 0) is 51.3 Å². The van der Waals surface area contributed by atoms with E-state index < -0.39 is 17.7 Å². The van der Waals surface area contributed by atoms with Gasteiger partial charge >= 0.3 is 6.09 Å². The Bertz CT molecular complexity index is 514. The van der Waals surface area contributed by atoms with Gasteiger partial charge in [0.2, 0.25) is 0 Å². The molecule has 1 aliphatic rings. The van der Waals surface area contributed by atoms with Crippen LogP contribution in [-0.2, 0) is 10.2 Å². The van der Waals surface area contributed by atoms with Crippen molar-refractivity contribution in [2.24, 2.45) is 0 Å². The molecular weight excluding hydrogens is 283 g/mol. The van der Waals surface area contributed by atoms with Crippen molar-refractivity contribution in [1.82, 2.24) is 4.90 Å². The maximum atomic E-state index is 13.8. The molecule has 0 bridgehead atoms. The minimum atomic E-state index is -0.522. The molecule has 4 nitrogen and oxygen atoms in total. The molecule has 0 atom stereocenters. The van der Waals surface area contributed by atoms with Crippen LogP contribution in [0.25, 0.3) is 0 Å². The molecule has 22 heavy (non-hydrogen) atoms. The van der Waals surface area contributed by atoms with Gasteiger partial charge in [0, 0.05) is 24.2 Å². The molecule has 5 heteroatoms. The molecule has 0 radical (unpaired) electrons. The number of benzene rings is 1. The Kier molecular flexibility index (Phi) is 4.63. The average molecular weight is 308 g/mol. The van der Waals surface area contributed by atoms with Crippen molar-refractivity contribution < 1.29 is 13.9 Å². The van der Waals surface area contributed by atoms with Gasteiger partial charge in [-0.2, -0.15) is 0 Å². The number of nitrogens with two attached hydrogens (primary N) is 1. The highest BCUT2D eigenvalue weighted by Crippen LogP contribution is 2.36. The van der Waals surface area contributed by atoms with Crippen LogP contribution in [0.1, 0.15) is 39.2 Å². The molecule has 2 rings (SSSR count). The molecular formula is C17H25FN2O2. The van der Waals surface area contributed by atoms with Crippen LogP contribution in [0.5, 0.6) is 0 Å². The van der Waals surface area contributed by atoms with Crippen LogP contribution < -0.4 is 5.73 Å². The van der Waals surface area contributed by atoms with E-state index in [1.165, 1.54) is 0 Å². The van der Waals surface area contributed by atoms with E-state index >= 15 is 0 Å². The van der Waals surface area contributed by atoms with E-state index in [2.05, 4.69) is 0 Å². The lowest BCUT2D eigenvalue weighted by Gasteiger charge is -2.40. The second kappa shape index (κ2) is 6.15. The largest absolute Gasteiger partial charge is 0.444 e. The predicted octanol–water partition coefficient (Wildman–Crippen LogP) is 3.51. The quantitative estimate of drug-likeness (QED) is 0.851. The standard InChI is InChI=1S/C17H25FN2O2/c1-16(2,3)22-15(21)20-10-8-17(12-18,9-11-20)13-4-6-14(19)7-5-13/h4-7H,8-12,19H2,1-3H3. The van der Waals surface area contributed by atoms with E-state index in [1.807, 2.05) is 32.9 Å². The van der Waals surface area contributed by atoms with Gasteiger partial charge < -0.3 is 15.4 Å². The Morgan fingerprint density at radius 1 is 1.27 bits per heavy atom. The fourth-order valence-corrected chi connectivity index (χ4v) is 2.78. The number of anilines is 1. The number of carbonyl (C=O) groups is 1. The minimum Gasteiger partial charge on any atom is -0.444 e. The summed E-state index contributed by atoms with van der Waals surface area (Å²) in [6, 6.07) is 7.37. The first-order valence-corrected chi connectivity index (χ1v) is 7.66. The van der Waals surface area contributed by atoms with Crippen LogP contribution >= 0.6 is 0 Å². The lowest BCUT2D eigenvalue weighted by molar-refractivity contribution is 0.0149. The number of halogens is 1. The summed E-state index contributed by atoms with van der Waals surface area (Å²) in [7, 11) is 0. The summed E-state index contributed by atoms with van der Waals surface area (Å²) >= 11 is 0. The lowest BCUT2D eigenvalue weighted by atomic mass is 9.74. The Morgan fingerprint density at radius 2 is 1.82 bits per heavy atom. The molecule has 1 saturated heterocycles. The van der Waals surface area contributed by atoms with Crippen molar-refractivity contribution >= 4 is 11.8 Å². The second-order valence-corrected chi connectivity index (χ2v) is 7.00. The summed E-state index contributed by atoms with van der Waals surface area (Å²) in [5, 5.41) is 0. The zero-order chi connectivity index (χ0) is 16.4. The van der Waals surface area contributed by atoms with Gasteiger partial charge in [0.05, 0.1) is 6.67 Å². The molecule has 122 valence electrons. The molecule has 1 fully saturated rings. The zero-order valence-corrected chi connectivity index (χ0v) is 13.6. The van der Waals surface area contributed by atoms with Gasteiger partial charge in [-0.15, -0.1) is 0 Å². The molecule has 1 aliphatic heterocycles. The first-order valence-electron chi connectivity index (χ1n) is 7.66. The van der Waals surface area contributed by atoms with Crippen LogP contribution in [0.15, 0.2) is 24.3 Å². The summed E-state index contributed by atoms with van der Waals surface area (Å²) in [5.74, 6) is 0. The monoisotopic (exact) mass is 308 g/mol. The summed E-state index contributed by atoms with van der Waals surface area (Å²) in [4.78, 5) is 13.8. The number of carbonyl (C=O) groups excluding carboxylic acids is 1. The number of hydrogen-bond donors (Lipinski definition) is 1. The number of hydrogen-bond acceptors (Lipinski definition) is 3. The van der Waals surface area contributed by atoms with Crippen molar-refractivity contribution in [2.45, 2.75) is 44.6 Å². The number of nitrogen functional groups attached to an aromatic ring is 1. The normalized spacial score (nSPS) is 18.1. The summed E-state index contributed by atoms with van der Waals surface area (Å²) < 4.78 is 19.1. The number of ether oxygens (including phenoxy) is 1. The molecule has 0 spiro atoms. The lowest BCUT2D eigenvalue weighted by Crippen LogP contribution is -2.47. The number of alkyl halides is 1. The number of piperidine rings is 1. The van der Waals surface area contributed by atoms with Crippen LogP contribution in [0, 0.1) is 0 Å². The smallest absolute Gasteiger partial charge is 0.410 e. The van der Waals surface area contributed by atoms with Crippen molar-refractivity contribution in [3.63, 3.8) is 0 Å². The Balaban J connectivity index is 2.05. The van der Waals surface area contributed by atoms with Crippen LogP contribution in [0.3, 0.4) is 0 Å². The molecule has 0 saturated carbocycles. The molecule has 0 aliphatic carbocycles. The average Bonchev–Trinajstić information content (AvgIpc) is 2.46. The summed E-state index contributed by atoms with van der Waals surface area (Å²) in [6.07, 6.45) is 0.858. The molecule has 1 aromatic rings. The predicted molar refractivity (Wildman–Crippen MR) is 85.5 cm³/mol. The van der Waals surface area contributed by atoms with E-state index in [1.54, 1.807) is 17.0 Å². The van der Waals surface area contributed by atoms with Gasteiger partial charge in [-0.1, -0.05) is 12.1 Å². The summed E-state index contributed by atoms with van der Waals surface area (Å²) in [5.41, 5.74) is 6.29. The number of rotatable bonds is 2. The fourth-order valence-electron chi connectivity index (χ4n) is 2.78. The van der Waals surface area contributed by atoms with Crippen molar-refractivity contribution in [3.8, 4) is 0 Å². The Labute approximate surface area is 131 Å². The molecule has 0 unspecified atom stereocenters. The second-order valence-electron chi connectivity index (χ2n) is 7.00. The maximum Gasteiger partial charge on any atom is 0.410 e. The van der Waals surface area contributed by atoms with Gasteiger partial charge in [-0.3, -0.25) is 4.39 Å². The van der Waals surface area contributed by atoms with Gasteiger partial charge in [-0.25, -0.2) is 4.79 Å². The fraction of sp³-hybridized carbons (Fsp3) is 0.588. The third-order valence-electron chi connectivity index (χ3n) is 4.15. The molecule has 2 N–H and O–H groups in total. The number of likely N-dealkylation sites (tertiary alicyclic amines) is 1. The van der Waals surface area contributed by atoms with Crippen molar-refractivity contribution in [2.75, 3.05) is 25.5 Å². The first kappa shape index (κ1) is 16.6. The van der Waals surface area contributed by atoms with E-state index in [9.17, 15) is 9.18 Å². The molecule has 1 aromatic carbocycles. The molecule has 1 amide bonds. The first-order chi connectivity index (χ1) is 10.3.